The van der Waals surface area contributed by atoms with E-state index in [1.807, 2.05) is 6.08 Å². The summed E-state index contributed by atoms with van der Waals surface area (Å²) in [6.07, 6.45) is 74.1. The van der Waals surface area contributed by atoms with Crippen molar-refractivity contribution in [2.45, 2.75) is 238 Å². The summed E-state index contributed by atoms with van der Waals surface area (Å²) in [5, 5.41) is 9.83. The molecule has 0 heterocycles. The van der Waals surface area contributed by atoms with Gasteiger partial charge in [0.25, 0.3) is 0 Å². The molecule has 0 amide bonds. The topological polar surface area (TPSA) is 155 Å². The van der Waals surface area contributed by atoms with Crippen molar-refractivity contribution in [3.8, 4) is 0 Å². The van der Waals surface area contributed by atoms with Crippen LogP contribution < -0.4 is 0 Å². The number of phosphoric ester groups is 1. The van der Waals surface area contributed by atoms with Crippen LogP contribution in [-0.4, -0.2) is 66.5 Å². The van der Waals surface area contributed by atoms with Crippen LogP contribution in [0.3, 0.4) is 0 Å². The minimum atomic E-state index is -4.78. The monoisotopic (exact) mass is 1110 g/mol. The lowest BCUT2D eigenvalue weighted by molar-refractivity contribution is -0.161. The quantitative estimate of drug-likeness (QED) is 0.0197. The highest BCUT2D eigenvalue weighted by molar-refractivity contribution is 7.47. The van der Waals surface area contributed by atoms with Gasteiger partial charge in [-0.05, 0) is 128 Å². The van der Waals surface area contributed by atoms with Crippen LogP contribution in [0.2, 0.25) is 0 Å². The molecular weight excluding hydrogens is 1000 g/mol. The largest absolute Gasteiger partial charge is 0.472 e. The molecule has 78 heavy (non-hydrogen) atoms. The van der Waals surface area contributed by atoms with E-state index in [2.05, 4.69) is 148 Å². The first kappa shape index (κ1) is 73.6. The van der Waals surface area contributed by atoms with Crippen molar-refractivity contribution in [1.29, 1.82) is 0 Å². The summed E-state index contributed by atoms with van der Waals surface area (Å²) in [7, 11) is -4.78. The molecule has 0 aliphatic rings. The number of unbranched alkanes of at least 4 members (excludes halogenated alkanes) is 15. The Kier molecular flexibility index (Phi) is 55.5. The fourth-order valence-corrected chi connectivity index (χ4v) is 8.31. The van der Waals surface area contributed by atoms with Gasteiger partial charge in [0, 0.05) is 19.3 Å². The molecule has 0 fully saturated rings. The summed E-state index contributed by atoms with van der Waals surface area (Å²) in [5.41, 5.74) is 0. The highest BCUT2D eigenvalue weighted by atomic mass is 31.2. The summed E-state index contributed by atoms with van der Waals surface area (Å²) in [6, 6.07) is 0. The van der Waals surface area contributed by atoms with Crippen molar-refractivity contribution in [2.24, 2.45) is 0 Å². The summed E-state index contributed by atoms with van der Waals surface area (Å²) >= 11 is 0. The number of allylic oxidation sites excluding steroid dienone is 22. The lowest BCUT2D eigenvalue weighted by Gasteiger charge is -2.21. The fraction of sp³-hybridized carbons (Fsp3) is 0.621. The van der Waals surface area contributed by atoms with Gasteiger partial charge in [-0.3, -0.25) is 23.4 Å². The summed E-state index contributed by atoms with van der Waals surface area (Å²) in [5.74, 6) is -1.60. The van der Waals surface area contributed by atoms with Gasteiger partial charge >= 0.3 is 25.7 Å². The second-order valence-electron chi connectivity index (χ2n) is 19.4. The van der Waals surface area contributed by atoms with Crippen LogP contribution in [0.5, 0.6) is 0 Å². The Bertz CT molecular complexity index is 1820. The molecule has 0 aromatic rings. The lowest BCUT2D eigenvalue weighted by Crippen LogP contribution is -2.30. The zero-order chi connectivity index (χ0) is 56.9. The number of hydrogen-bond donors (Lipinski definition) is 2. The molecule has 0 aromatic carbocycles. The highest BCUT2D eigenvalue weighted by Crippen LogP contribution is 2.43. The molecule has 442 valence electrons. The van der Waals surface area contributed by atoms with Crippen molar-refractivity contribution in [1.82, 2.24) is 0 Å². The fourth-order valence-electron chi connectivity index (χ4n) is 7.53. The molecule has 0 spiro atoms. The van der Waals surface area contributed by atoms with Gasteiger partial charge in [-0.15, -0.1) is 0 Å². The Hall–Kier alpha value is -4.38. The predicted octanol–water partition coefficient (Wildman–Crippen LogP) is 18.1. The number of ether oxygens (including phenoxy) is 3. The molecule has 0 saturated carbocycles. The molecule has 0 rings (SSSR count). The van der Waals surface area contributed by atoms with E-state index in [4.69, 9.17) is 23.3 Å². The minimum absolute atomic E-state index is 0.108. The van der Waals surface area contributed by atoms with Gasteiger partial charge in [-0.2, -0.15) is 0 Å². The van der Waals surface area contributed by atoms with E-state index in [0.29, 0.717) is 25.7 Å². The third kappa shape index (κ3) is 56.3. The molecule has 12 heteroatoms. The molecule has 11 nitrogen and oxygen atoms in total. The standard InChI is InChI=1S/C66H107O11P/c1-4-7-10-13-16-19-22-25-28-30-31-33-36-39-42-45-48-51-54-57-66(70)77-63(59-73-64(68)55-52-49-46-43-40-37-35-32-29-26-23-20-17-14-11-8-5-2)61-75-78(71,72)74-60-62(58-67)76-65(69)56-53-50-47-44-41-38-34-27-24-21-18-15-12-9-6-3/h7-8,10-11,16-17,19-20,25-29,31,33-35,37,39,42-43,46,62-63,67H,4-6,9,12-15,18,21-24,30,32,36,38,40-41,44-45,47-61H2,1-3H3,(H,71,72)/b10-7-,11-8-,19-16-,20-17-,28-25-,29-26-,33-31-,34-27-,37-35-,42-39-,46-43-. The van der Waals surface area contributed by atoms with E-state index in [0.717, 1.165) is 122 Å². The van der Waals surface area contributed by atoms with Crippen LogP contribution in [0, 0.1) is 0 Å². The maximum Gasteiger partial charge on any atom is 0.472 e. The van der Waals surface area contributed by atoms with Gasteiger partial charge in [-0.25, -0.2) is 4.57 Å². The Morgan fingerprint density at radius 3 is 1.09 bits per heavy atom. The molecule has 0 saturated heterocycles. The predicted molar refractivity (Wildman–Crippen MR) is 325 cm³/mol. The smallest absolute Gasteiger partial charge is 0.462 e. The van der Waals surface area contributed by atoms with Gasteiger partial charge in [0.1, 0.15) is 12.7 Å². The van der Waals surface area contributed by atoms with Crippen LogP contribution in [0.1, 0.15) is 226 Å². The van der Waals surface area contributed by atoms with Crippen molar-refractivity contribution in [3.05, 3.63) is 134 Å². The first-order chi connectivity index (χ1) is 38.2. The Morgan fingerprint density at radius 1 is 0.372 bits per heavy atom. The minimum Gasteiger partial charge on any atom is -0.462 e. The van der Waals surface area contributed by atoms with E-state index in [-0.39, 0.29) is 25.9 Å². The number of hydrogen-bond acceptors (Lipinski definition) is 10. The Labute approximate surface area is 474 Å². The second-order valence-corrected chi connectivity index (χ2v) is 20.8. The van der Waals surface area contributed by atoms with Crippen molar-refractivity contribution < 1.29 is 52.2 Å². The van der Waals surface area contributed by atoms with E-state index < -0.39 is 57.8 Å². The van der Waals surface area contributed by atoms with Crippen LogP contribution in [0.4, 0.5) is 0 Å². The van der Waals surface area contributed by atoms with Crippen molar-refractivity contribution in [3.63, 3.8) is 0 Å². The van der Waals surface area contributed by atoms with Gasteiger partial charge < -0.3 is 24.2 Å². The number of esters is 3. The van der Waals surface area contributed by atoms with E-state index in [9.17, 15) is 28.9 Å². The number of aliphatic hydroxyl groups excluding tert-OH is 1. The molecule has 0 aromatic heterocycles. The average molecular weight is 1110 g/mol. The zero-order valence-electron chi connectivity index (χ0n) is 48.8. The van der Waals surface area contributed by atoms with Crippen LogP contribution >= 0.6 is 7.82 Å². The van der Waals surface area contributed by atoms with Gasteiger partial charge in [0.05, 0.1) is 19.8 Å². The number of carbonyl (C=O) groups excluding carboxylic acids is 3. The summed E-state index contributed by atoms with van der Waals surface area (Å²) < 4.78 is 39.5. The SMILES string of the molecule is CC/C=C\C/C=C\C/C=C\C/C=C\C/C=C\CCCCCC(=O)OC(COC(=O)CCC/C=C\C/C=C\C/C=C\C/C=C\C/C=C\CC)COP(=O)(O)OCC(CO)OC(=O)CCCCCCC/C=C\CCCCCCCC. The van der Waals surface area contributed by atoms with E-state index in [1.165, 1.54) is 38.5 Å². The lowest BCUT2D eigenvalue weighted by atomic mass is 10.1. The van der Waals surface area contributed by atoms with Gasteiger partial charge in [0.2, 0.25) is 0 Å². The number of aliphatic hydroxyl groups is 1. The maximum atomic E-state index is 12.9. The number of rotatable bonds is 54. The van der Waals surface area contributed by atoms with Gasteiger partial charge in [-0.1, -0.05) is 212 Å². The number of carbonyl (C=O) groups is 3. The second kappa shape index (κ2) is 58.8. The van der Waals surface area contributed by atoms with Crippen LogP contribution in [0.15, 0.2) is 134 Å². The molecule has 0 aliphatic carbocycles. The van der Waals surface area contributed by atoms with Crippen molar-refractivity contribution >= 4 is 25.7 Å². The van der Waals surface area contributed by atoms with E-state index in [1.54, 1.807) is 0 Å². The molecule has 2 N–H and O–H groups in total. The van der Waals surface area contributed by atoms with E-state index >= 15 is 0 Å². The molecule has 0 radical (unpaired) electrons. The maximum absolute atomic E-state index is 12.9. The molecular formula is C66H107O11P. The zero-order valence-corrected chi connectivity index (χ0v) is 49.7. The molecule has 0 bridgehead atoms. The van der Waals surface area contributed by atoms with Gasteiger partial charge in [0.15, 0.2) is 6.10 Å². The Morgan fingerprint density at radius 2 is 0.679 bits per heavy atom. The van der Waals surface area contributed by atoms with Crippen LogP contribution in [-0.2, 0) is 42.2 Å². The summed E-state index contributed by atoms with van der Waals surface area (Å²) in [6.45, 7) is 4.29. The third-order valence-electron chi connectivity index (χ3n) is 12.0. The molecule has 3 atom stereocenters. The first-order valence-corrected chi connectivity index (χ1v) is 31.6. The normalized spacial score (nSPS) is 14.3. The van der Waals surface area contributed by atoms with Crippen molar-refractivity contribution in [2.75, 3.05) is 26.4 Å². The van der Waals surface area contributed by atoms with Crippen LogP contribution in [0.25, 0.3) is 0 Å². The third-order valence-corrected chi connectivity index (χ3v) is 13.0. The molecule has 0 aliphatic heterocycles. The summed E-state index contributed by atoms with van der Waals surface area (Å²) in [4.78, 5) is 48.6. The number of phosphoric acid groups is 1. The molecule has 3 unspecified atom stereocenters. The first-order valence-electron chi connectivity index (χ1n) is 30.1. The highest BCUT2D eigenvalue weighted by Gasteiger charge is 2.28. The Balaban J connectivity index is 4.89. The average Bonchev–Trinajstić information content (AvgIpc) is 3.43.